The summed E-state index contributed by atoms with van der Waals surface area (Å²) in [6.07, 6.45) is 17.5. The second-order valence-corrected chi connectivity index (χ2v) is 38.1. The topological polar surface area (TPSA) is 209 Å². The molecule has 6 saturated carbocycles. The van der Waals surface area contributed by atoms with Gasteiger partial charge >= 0.3 is 41.5 Å². The quantitative estimate of drug-likeness (QED) is 0.0491. The molecule has 14 nitrogen and oxygen atoms in total. The maximum Gasteiger partial charge on any atom is 1.00 e. The summed E-state index contributed by atoms with van der Waals surface area (Å²) in [5.74, 6) is 1.21. The van der Waals surface area contributed by atoms with Crippen molar-refractivity contribution in [1.82, 2.24) is 5.32 Å². The van der Waals surface area contributed by atoms with Gasteiger partial charge < -0.3 is 66.3 Å². The number of aliphatic carboxylic acids is 2. The number of hydrogen-bond acceptors (Lipinski definition) is 12. The molecule has 8 aliphatic carbocycles. The van der Waals surface area contributed by atoms with Crippen LogP contribution in [-0.4, -0.2) is 133 Å². The Morgan fingerprint density at radius 2 is 0.979 bits per heavy atom. The zero-order valence-electron chi connectivity index (χ0n) is 66.4. The van der Waals surface area contributed by atoms with E-state index in [9.17, 15) is 19.8 Å². The van der Waals surface area contributed by atoms with Gasteiger partial charge in [0.25, 0.3) is 0 Å². The summed E-state index contributed by atoms with van der Waals surface area (Å²) in [5, 5.41) is 31.9. The predicted molar refractivity (Wildman–Crippen MR) is 384 cm³/mol. The molecule has 24 atom stereocenters. The van der Waals surface area contributed by atoms with Crippen LogP contribution in [0.4, 0.5) is 0 Å². The molecule has 3 radical (unpaired) electrons. The van der Waals surface area contributed by atoms with Crippen molar-refractivity contribution in [3.8, 4) is 0 Å². The van der Waals surface area contributed by atoms with E-state index in [1.807, 2.05) is 14.2 Å². The number of carbonyl (C=O) groups excluding carboxylic acids is 1. The zero-order chi connectivity index (χ0) is 71.9. The number of carboxylic acid groups (broad SMARTS) is 2. The summed E-state index contributed by atoms with van der Waals surface area (Å²) in [6.45, 7) is 63.6. The minimum absolute atomic E-state index is 0. The van der Waals surface area contributed by atoms with E-state index in [0.717, 1.165) is 103 Å². The van der Waals surface area contributed by atoms with E-state index in [1.54, 1.807) is 11.1 Å². The van der Waals surface area contributed by atoms with Gasteiger partial charge in [0.1, 0.15) is 6.29 Å². The van der Waals surface area contributed by atoms with Crippen LogP contribution in [0, 0.1) is 136 Å². The van der Waals surface area contributed by atoms with E-state index in [-0.39, 0.29) is 145 Å². The summed E-state index contributed by atoms with van der Waals surface area (Å²) >= 11 is 0. The summed E-state index contributed by atoms with van der Waals surface area (Å²) in [4.78, 5) is 35.5. The van der Waals surface area contributed by atoms with Gasteiger partial charge in [0.15, 0.2) is 0 Å². The Labute approximate surface area is 614 Å². The van der Waals surface area contributed by atoms with Crippen LogP contribution in [0.2, 0.25) is 0 Å². The van der Waals surface area contributed by atoms with Crippen molar-refractivity contribution in [2.24, 2.45) is 130 Å². The molecule has 2 heterocycles. The molecular weight excluding hydrogens is 1220 g/mol. The monoisotopic (exact) mass is 1360 g/mol. The van der Waals surface area contributed by atoms with E-state index in [4.69, 9.17) is 50.8 Å². The number of ether oxygens (including phenoxy) is 6. The van der Waals surface area contributed by atoms with Gasteiger partial charge in [-0.15, -0.1) is 0 Å². The third-order valence-corrected chi connectivity index (χ3v) is 31.8. The third kappa shape index (κ3) is 13.5. The number of allylic oxidation sites excluding steroid dienone is 2. The van der Waals surface area contributed by atoms with Crippen LogP contribution >= 0.6 is 0 Å². The molecule has 0 spiro atoms. The van der Waals surface area contributed by atoms with Crippen molar-refractivity contribution in [3.63, 3.8) is 0 Å². The molecule has 0 amide bonds. The van der Waals surface area contributed by atoms with Gasteiger partial charge in [0.2, 0.25) is 0 Å². The number of fused-ring (bicyclic) bond motifs is 6. The molecule has 97 heavy (non-hydrogen) atoms. The molecule has 0 aromatic rings. The van der Waals surface area contributed by atoms with Crippen molar-refractivity contribution < 1.29 is 82.6 Å². The van der Waals surface area contributed by atoms with E-state index >= 15 is 0 Å². The number of likely N-dealkylation sites (N-methyl/N-ethyl adjacent to an activating group) is 1. The second-order valence-electron chi connectivity index (χ2n) is 38.1. The maximum absolute atomic E-state index is 13.4. The molecule has 10 aliphatic rings. The molecule has 2 saturated heterocycles. The van der Waals surface area contributed by atoms with Gasteiger partial charge in [0.05, 0.1) is 75.9 Å². The number of nitrogens with zero attached hydrogens (tertiary/aromatic N) is 1. The average Bonchev–Trinajstić information content (AvgIpc) is 0.675. The SMILES string of the molecule is CC=O.CCN[C@@](C)(CO[C@H]1[C@H](OC)C[C@@]23COC[C@]1(C)[C@@H]2CC[C@H]1C3=CC[C@@]2(C)[C@H](C(=O)O)[C@@](C)([C@H](C)C(C)C)CC[C@]12C)C(C)(C)C.CO[C@@H]1C[C@@]23COC[C@](C)([C@@H]2CC[C@H]2C3=CC[C@@]3(C)[C@H](C(=O)O)[C@@](C)([C@H](C)C(C)C)CC[C@]23C)[C@H]1OC[C@](C)(N)C(C)(C)C.[B].[C-]#N.[Na+]. The standard InChI is InChI=1S/C40H69NO5.C38H65NO5.C2H4O.CN.B.Na/c1-14-41-39(12,34(5,6)7)23-46-32-29(44-13)21-40-24-45-22-36(32,9)30(40)16-15-27-28(40)17-18-38(11)31(33(42)43)35(8,26(4)25(2)3)19-20-37(27,38)10;1-23(2)24(3)33(7)17-18-35(9)25-13-14-28-34(8)20-43-22-38(28,26(25)15-16-36(35,10)29(33)31(40)41)19-27(42-12)30(34)44-21-37(11,39)32(4,5)6;1-2-3;1-2;;/h17,25-27,29-32,41H,14-16,18-24H2,1-13H3,(H,42,43);15,23-25,27-30H,13-14,16-22,39H2,1-12H3,(H,40,41);2H,1H3;;;/q;;;-1;;+1/t26-,27+,29-,30+,31-,32+,35-,36-,37-,38+,39+,40+;24-,25+,27-,28+,29-,30+,33-,34-,35-,36+,37+,38+;;;;/m11..../s1. The largest absolute Gasteiger partial charge is 1.00 e. The molecule has 5 N–H and O–H groups in total. The van der Waals surface area contributed by atoms with Crippen molar-refractivity contribution in [1.29, 1.82) is 5.26 Å². The molecule has 8 fully saturated rings. The first kappa shape index (κ1) is 86.0. The Balaban J connectivity index is 0.000000323. The van der Waals surface area contributed by atoms with Gasteiger partial charge in [-0.3, -0.25) is 9.59 Å². The molecule has 0 aromatic carbocycles. The van der Waals surface area contributed by atoms with Gasteiger partial charge in [-0.05, 0) is 195 Å². The fourth-order valence-electron chi connectivity index (χ4n) is 23.8. The average molecular weight is 1360 g/mol. The molecule has 10 rings (SSSR count). The first-order valence-corrected chi connectivity index (χ1v) is 37.3. The number of carboxylic acids is 2. The van der Waals surface area contributed by atoms with Crippen LogP contribution in [-0.2, 0) is 42.8 Å². The van der Waals surface area contributed by atoms with Crippen LogP contribution in [0.5, 0.6) is 0 Å². The van der Waals surface area contributed by atoms with Crippen LogP contribution in [0.3, 0.4) is 0 Å². The summed E-state index contributed by atoms with van der Waals surface area (Å²) < 4.78 is 40.0. The Bertz CT molecular complexity index is 2830. The predicted octanol–water partition coefficient (Wildman–Crippen LogP) is 13.1. The van der Waals surface area contributed by atoms with Crippen molar-refractivity contribution in [2.75, 3.05) is 60.4 Å². The summed E-state index contributed by atoms with van der Waals surface area (Å²) in [6, 6.07) is 0. The number of hydrogen-bond donors (Lipinski definition) is 4. The van der Waals surface area contributed by atoms with E-state index in [2.05, 4.69) is 177 Å². The van der Waals surface area contributed by atoms with Crippen LogP contribution in [0.25, 0.3) is 0 Å². The molecule has 547 valence electrons. The van der Waals surface area contributed by atoms with Crippen LogP contribution in [0.1, 0.15) is 243 Å². The first-order valence-electron chi connectivity index (χ1n) is 37.3. The fourth-order valence-corrected chi connectivity index (χ4v) is 23.8. The minimum atomic E-state index is -0.607. The normalized spacial score (nSPS) is 43.5. The first-order chi connectivity index (χ1) is 43.8. The molecule has 2 aliphatic heterocycles. The zero-order valence-corrected chi connectivity index (χ0v) is 68.4. The Hall–Kier alpha value is -1.68. The van der Waals surface area contributed by atoms with Gasteiger partial charge in [-0.25, -0.2) is 0 Å². The molecule has 0 aromatic heterocycles. The molecular formula is C81H138BN3NaO11. The van der Waals surface area contributed by atoms with Gasteiger partial charge in [-0.2, -0.15) is 0 Å². The summed E-state index contributed by atoms with van der Waals surface area (Å²) in [7, 11) is 3.71. The third-order valence-electron chi connectivity index (χ3n) is 31.8. The Morgan fingerprint density at radius 3 is 1.28 bits per heavy atom. The van der Waals surface area contributed by atoms with Gasteiger partial charge in [-0.1, -0.05) is 169 Å². The number of nitrogens with two attached hydrogens (primary N) is 1. The number of aldehydes is 1. The molecule has 4 bridgehead atoms. The number of carbonyl (C=O) groups is 3. The van der Waals surface area contributed by atoms with E-state index in [0.29, 0.717) is 73.8 Å². The molecule has 0 unspecified atom stereocenters. The van der Waals surface area contributed by atoms with Gasteiger partial charge in [0, 0.05) is 55.4 Å². The van der Waals surface area contributed by atoms with E-state index < -0.39 is 17.5 Å². The maximum atomic E-state index is 13.4. The number of nitrogens with one attached hydrogen (secondary N) is 1. The Morgan fingerprint density at radius 1 is 0.629 bits per heavy atom. The smallest absolute Gasteiger partial charge is 0.512 e. The van der Waals surface area contributed by atoms with Crippen molar-refractivity contribution in [2.45, 2.75) is 279 Å². The second kappa shape index (κ2) is 30.1. The minimum Gasteiger partial charge on any atom is -0.512 e. The van der Waals surface area contributed by atoms with Crippen molar-refractivity contribution in [3.05, 3.63) is 29.9 Å². The number of methoxy groups -OCH3 is 2. The Kier molecular flexibility index (Phi) is 26.6. The fraction of sp³-hybridized carbons (Fsp3) is 0.901. The number of rotatable bonds is 16. The van der Waals surface area contributed by atoms with E-state index in [1.165, 1.54) is 6.92 Å². The molecule has 16 heteroatoms. The van der Waals surface area contributed by atoms with Crippen molar-refractivity contribution >= 4 is 26.6 Å². The van der Waals surface area contributed by atoms with Crippen LogP contribution in [0.15, 0.2) is 23.3 Å². The summed E-state index contributed by atoms with van der Waals surface area (Å²) in [5.41, 5.74) is 7.37. The van der Waals surface area contributed by atoms with Crippen LogP contribution < -0.4 is 40.6 Å².